The van der Waals surface area contributed by atoms with Crippen molar-refractivity contribution in [1.29, 1.82) is 0 Å². The zero-order chi connectivity index (χ0) is 11.2. The molecule has 2 aromatic rings. The molecule has 1 heterocycles. The van der Waals surface area contributed by atoms with Crippen LogP contribution in [0.3, 0.4) is 0 Å². The van der Waals surface area contributed by atoms with Crippen LogP contribution in [0.15, 0.2) is 12.1 Å². The largest absolute Gasteiger partial charge is 0.357 e. The highest BCUT2D eigenvalue weighted by Crippen LogP contribution is 2.28. The fourth-order valence-corrected chi connectivity index (χ4v) is 2.39. The van der Waals surface area contributed by atoms with Gasteiger partial charge in [-0.1, -0.05) is 6.07 Å². The highest BCUT2D eigenvalue weighted by Gasteiger charge is 2.12. The number of nitrogens with one attached hydrogen (secondary N) is 1. The number of nitrogens with two attached hydrogens (primary N) is 1. The van der Waals surface area contributed by atoms with E-state index in [2.05, 4.69) is 37.9 Å². The van der Waals surface area contributed by atoms with Crippen LogP contribution in [-0.4, -0.2) is 4.98 Å². The number of aromatic amines is 1. The molecule has 0 aliphatic carbocycles. The summed E-state index contributed by atoms with van der Waals surface area (Å²) in [5, 5.41) is 1.33. The molecule has 0 radical (unpaired) electrons. The number of fused-ring (bicyclic) bond motifs is 1. The standard InChI is InChI=1S/C13H18N2/c1-7-5-8(2)12-9(3)13(10(4)14)15-11(12)6-7/h5-6,10,15H,14H2,1-4H3. The molecule has 2 rings (SSSR count). The van der Waals surface area contributed by atoms with Crippen LogP contribution in [0.4, 0.5) is 0 Å². The summed E-state index contributed by atoms with van der Waals surface area (Å²) in [5.74, 6) is 0. The third-order valence-electron chi connectivity index (χ3n) is 2.98. The number of hydrogen-bond donors (Lipinski definition) is 2. The number of H-pyrrole nitrogens is 1. The first-order valence-corrected chi connectivity index (χ1v) is 5.35. The lowest BCUT2D eigenvalue weighted by atomic mass is 10.0. The summed E-state index contributed by atoms with van der Waals surface area (Å²) in [6, 6.07) is 4.46. The van der Waals surface area contributed by atoms with E-state index in [0.29, 0.717) is 0 Å². The smallest absolute Gasteiger partial charge is 0.0464 e. The summed E-state index contributed by atoms with van der Waals surface area (Å²) in [6.45, 7) is 8.43. The molecule has 1 aromatic heterocycles. The van der Waals surface area contributed by atoms with E-state index in [-0.39, 0.29) is 6.04 Å². The molecule has 1 unspecified atom stereocenters. The third-order valence-corrected chi connectivity index (χ3v) is 2.98. The van der Waals surface area contributed by atoms with Gasteiger partial charge in [0.25, 0.3) is 0 Å². The second-order valence-corrected chi connectivity index (χ2v) is 4.46. The van der Waals surface area contributed by atoms with Gasteiger partial charge in [-0.25, -0.2) is 0 Å². The average molecular weight is 202 g/mol. The lowest BCUT2D eigenvalue weighted by molar-refractivity contribution is 0.785. The van der Waals surface area contributed by atoms with Gasteiger partial charge >= 0.3 is 0 Å². The summed E-state index contributed by atoms with van der Waals surface area (Å²) in [6.07, 6.45) is 0. The van der Waals surface area contributed by atoms with Crippen LogP contribution in [-0.2, 0) is 0 Å². The molecule has 0 saturated heterocycles. The van der Waals surface area contributed by atoms with E-state index in [1.165, 1.54) is 27.6 Å². The van der Waals surface area contributed by atoms with Gasteiger partial charge in [0, 0.05) is 22.6 Å². The Kier molecular flexibility index (Phi) is 2.31. The first kappa shape index (κ1) is 10.2. The Bertz CT molecular complexity index is 507. The summed E-state index contributed by atoms with van der Waals surface area (Å²) in [7, 11) is 0. The number of rotatable bonds is 1. The fourth-order valence-electron chi connectivity index (χ4n) is 2.39. The van der Waals surface area contributed by atoms with Crippen LogP contribution in [0.25, 0.3) is 10.9 Å². The third kappa shape index (κ3) is 1.55. The van der Waals surface area contributed by atoms with E-state index in [0.717, 1.165) is 5.69 Å². The van der Waals surface area contributed by atoms with Gasteiger partial charge in [-0.05, 0) is 50.5 Å². The molecule has 3 N–H and O–H groups in total. The van der Waals surface area contributed by atoms with Crippen molar-refractivity contribution in [3.63, 3.8) is 0 Å². The molecule has 0 aliphatic rings. The highest BCUT2D eigenvalue weighted by atomic mass is 14.8. The van der Waals surface area contributed by atoms with E-state index in [4.69, 9.17) is 5.73 Å². The molecule has 0 fully saturated rings. The Labute approximate surface area is 90.5 Å². The minimum atomic E-state index is 0.0668. The van der Waals surface area contributed by atoms with Gasteiger partial charge in [-0.2, -0.15) is 0 Å². The van der Waals surface area contributed by atoms with Gasteiger partial charge < -0.3 is 10.7 Å². The minimum absolute atomic E-state index is 0.0668. The SMILES string of the molecule is Cc1cc(C)c2c(C)c(C(C)N)[nH]c2c1. The monoisotopic (exact) mass is 202 g/mol. The molecule has 2 heteroatoms. The number of aryl methyl sites for hydroxylation is 3. The predicted octanol–water partition coefficient (Wildman–Crippen LogP) is 3.11. The Morgan fingerprint density at radius 2 is 1.87 bits per heavy atom. The molecule has 1 atom stereocenters. The lowest BCUT2D eigenvalue weighted by Gasteiger charge is -2.03. The second kappa shape index (κ2) is 3.38. The van der Waals surface area contributed by atoms with Crippen molar-refractivity contribution in [3.8, 4) is 0 Å². The molecular weight excluding hydrogens is 184 g/mol. The van der Waals surface area contributed by atoms with E-state index >= 15 is 0 Å². The summed E-state index contributed by atoms with van der Waals surface area (Å²) >= 11 is 0. The van der Waals surface area contributed by atoms with Gasteiger partial charge in [0.05, 0.1) is 0 Å². The Morgan fingerprint density at radius 3 is 2.47 bits per heavy atom. The highest BCUT2D eigenvalue weighted by molar-refractivity contribution is 5.88. The van der Waals surface area contributed by atoms with Crippen LogP contribution in [0.1, 0.15) is 35.3 Å². The van der Waals surface area contributed by atoms with E-state index in [1.54, 1.807) is 0 Å². The molecule has 2 nitrogen and oxygen atoms in total. The predicted molar refractivity (Wildman–Crippen MR) is 65.1 cm³/mol. The van der Waals surface area contributed by atoms with E-state index < -0.39 is 0 Å². The zero-order valence-electron chi connectivity index (χ0n) is 9.81. The quantitative estimate of drug-likeness (QED) is 0.733. The molecule has 15 heavy (non-hydrogen) atoms. The average Bonchev–Trinajstić information content (AvgIpc) is 2.42. The van der Waals surface area contributed by atoms with E-state index in [9.17, 15) is 0 Å². The minimum Gasteiger partial charge on any atom is -0.357 e. The maximum Gasteiger partial charge on any atom is 0.0464 e. The first-order valence-electron chi connectivity index (χ1n) is 5.35. The lowest BCUT2D eigenvalue weighted by Crippen LogP contribution is -2.06. The molecule has 0 spiro atoms. The molecule has 80 valence electrons. The fraction of sp³-hybridized carbons (Fsp3) is 0.385. The molecular formula is C13H18N2. The Morgan fingerprint density at radius 1 is 1.20 bits per heavy atom. The number of hydrogen-bond acceptors (Lipinski definition) is 1. The van der Waals surface area contributed by atoms with Crippen molar-refractivity contribution >= 4 is 10.9 Å². The van der Waals surface area contributed by atoms with Crippen LogP contribution in [0.5, 0.6) is 0 Å². The molecule has 0 aliphatic heterocycles. The van der Waals surface area contributed by atoms with Gasteiger partial charge in [-0.3, -0.25) is 0 Å². The van der Waals surface area contributed by atoms with Crippen molar-refractivity contribution in [1.82, 2.24) is 4.98 Å². The van der Waals surface area contributed by atoms with Gasteiger partial charge in [-0.15, -0.1) is 0 Å². The van der Waals surface area contributed by atoms with Gasteiger partial charge in [0.1, 0.15) is 0 Å². The van der Waals surface area contributed by atoms with Crippen LogP contribution < -0.4 is 5.73 Å². The Balaban J connectivity index is 2.82. The zero-order valence-corrected chi connectivity index (χ0v) is 9.81. The van der Waals surface area contributed by atoms with Crippen LogP contribution in [0.2, 0.25) is 0 Å². The van der Waals surface area contributed by atoms with Crippen molar-refractivity contribution < 1.29 is 0 Å². The maximum atomic E-state index is 5.94. The van der Waals surface area contributed by atoms with Crippen molar-refractivity contribution in [2.24, 2.45) is 5.73 Å². The molecule has 0 bridgehead atoms. The summed E-state index contributed by atoms with van der Waals surface area (Å²) in [5.41, 5.74) is 12.2. The molecule has 0 saturated carbocycles. The number of aromatic nitrogens is 1. The second-order valence-electron chi connectivity index (χ2n) is 4.46. The normalized spacial score (nSPS) is 13.4. The number of benzene rings is 1. The van der Waals surface area contributed by atoms with E-state index in [1.807, 2.05) is 6.92 Å². The van der Waals surface area contributed by atoms with Crippen molar-refractivity contribution in [2.75, 3.05) is 0 Å². The topological polar surface area (TPSA) is 41.8 Å². The summed E-state index contributed by atoms with van der Waals surface area (Å²) in [4.78, 5) is 3.42. The first-order chi connectivity index (χ1) is 7.00. The molecule has 1 aromatic carbocycles. The van der Waals surface area contributed by atoms with Gasteiger partial charge in [0.2, 0.25) is 0 Å². The van der Waals surface area contributed by atoms with Crippen LogP contribution in [0, 0.1) is 20.8 Å². The maximum absolute atomic E-state index is 5.94. The van der Waals surface area contributed by atoms with Crippen LogP contribution >= 0.6 is 0 Å². The summed E-state index contributed by atoms with van der Waals surface area (Å²) < 4.78 is 0. The van der Waals surface area contributed by atoms with Crippen molar-refractivity contribution in [3.05, 3.63) is 34.5 Å². The van der Waals surface area contributed by atoms with Crippen molar-refractivity contribution in [2.45, 2.75) is 33.7 Å². The Hall–Kier alpha value is -1.28. The van der Waals surface area contributed by atoms with Gasteiger partial charge in [0.15, 0.2) is 0 Å². The molecule has 0 amide bonds.